The Morgan fingerprint density at radius 2 is 1.70 bits per heavy atom. The normalized spacial score (nSPS) is 12.8. The quantitative estimate of drug-likeness (QED) is 0.325. The molecule has 1 N–H and O–H groups in total. The van der Waals surface area contributed by atoms with Crippen LogP contribution in [0.15, 0.2) is 65.5 Å². The predicted octanol–water partition coefficient (Wildman–Crippen LogP) is 4.39. The molecule has 0 atom stereocenters. The summed E-state index contributed by atoms with van der Waals surface area (Å²) in [7, 11) is 0. The van der Waals surface area contributed by atoms with Crippen molar-refractivity contribution >= 4 is 0 Å². The molecule has 3 heterocycles. The zero-order chi connectivity index (χ0) is 22.6. The number of H-pyrrole nitrogens is 1. The maximum Gasteiger partial charge on any atom is 0.270 e. The van der Waals surface area contributed by atoms with Gasteiger partial charge in [-0.05, 0) is 40.0 Å². The lowest BCUT2D eigenvalue weighted by atomic mass is 9.96. The van der Waals surface area contributed by atoms with Crippen molar-refractivity contribution < 1.29 is 0 Å². The molecule has 0 amide bonds. The van der Waals surface area contributed by atoms with Gasteiger partial charge in [0.1, 0.15) is 0 Å². The van der Waals surface area contributed by atoms with E-state index in [0.29, 0.717) is 18.8 Å². The van der Waals surface area contributed by atoms with Crippen LogP contribution in [-0.2, 0) is 25.9 Å². The van der Waals surface area contributed by atoms with Crippen LogP contribution < -0.4 is 5.56 Å². The molecular weight excluding hydrogens is 412 g/mol. The first-order chi connectivity index (χ1) is 16.3. The van der Waals surface area contributed by atoms with E-state index in [-0.39, 0.29) is 5.56 Å². The highest BCUT2D eigenvalue weighted by molar-refractivity contribution is 5.80. The van der Waals surface area contributed by atoms with Crippen LogP contribution in [0.1, 0.15) is 43.0 Å². The number of rotatable bonds is 8. The lowest BCUT2D eigenvalue weighted by molar-refractivity contribution is 0.473. The van der Waals surface area contributed by atoms with Gasteiger partial charge in [0.2, 0.25) is 0 Å². The van der Waals surface area contributed by atoms with Gasteiger partial charge in [-0.2, -0.15) is 0 Å². The molecule has 1 aliphatic rings. The Hall–Kier alpha value is -3.74. The molecule has 168 valence electrons. The molecule has 7 nitrogen and oxygen atoms in total. The number of benzene rings is 2. The number of fused-ring (bicyclic) bond motifs is 1. The standard InChI is InChI=1S/C26H28N6O/c1-2-3-4-11-24-23(26(33)32-17-8-7-16-31(24)32)18-19-12-14-20(15-13-19)21-9-5-6-10-22(21)25-27-29-30-28-25/h5-10,12-15H,2-4,11,16-18H2,1H3,(H,27,28,29,30). The molecule has 0 aliphatic carbocycles. The maximum atomic E-state index is 13.2. The smallest absolute Gasteiger partial charge is 0.270 e. The number of aromatic amines is 1. The Labute approximate surface area is 192 Å². The fourth-order valence-electron chi connectivity index (χ4n) is 4.65. The number of hydrogen-bond donors (Lipinski definition) is 1. The molecule has 1 aliphatic heterocycles. The maximum absolute atomic E-state index is 13.2. The summed E-state index contributed by atoms with van der Waals surface area (Å²) in [5, 5.41) is 14.3. The summed E-state index contributed by atoms with van der Waals surface area (Å²) in [5.41, 5.74) is 6.54. The minimum Gasteiger partial charge on any atom is -0.282 e. The highest BCUT2D eigenvalue weighted by atomic mass is 16.1. The first-order valence-electron chi connectivity index (χ1n) is 11.6. The van der Waals surface area contributed by atoms with E-state index in [1.807, 2.05) is 22.9 Å². The number of unbranched alkanes of at least 4 members (excludes halogenated alkanes) is 2. The number of nitrogens with zero attached hydrogens (tertiary/aromatic N) is 5. The third-order valence-electron chi connectivity index (χ3n) is 6.36. The molecule has 33 heavy (non-hydrogen) atoms. The molecule has 0 saturated carbocycles. The third kappa shape index (κ3) is 4.18. The summed E-state index contributed by atoms with van der Waals surface area (Å²) in [6.07, 6.45) is 9.32. The highest BCUT2D eigenvalue weighted by Crippen LogP contribution is 2.30. The molecule has 0 unspecified atom stereocenters. The summed E-state index contributed by atoms with van der Waals surface area (Å²) in [4.78, 5) is 13.2. The second-order valence-electron chi connectivity index (χ2n) is 8.49. The predicted molar refractivity (Wildman–Crippen MR) is 129 cm³/mol. The molecule has 0 saturated heterocycles. The Balaban J connectivity index is 1.44. The Morgan fingerprint density at radius 3 is 2.42 bits per heavy atom. The van der Waals surface area contributed by atoms with Crippen molar-refractivity contribution in [1.29, 1.82) is 0 Å². The van der Waals surface area contributed by atoms with E-state index in [1.165, 1.54) is 18.5 Å². The molecule has 0 radical (unpaired) electrons. The number of tetrazole rings is 1. The van der Waals surface area contributed by atoms with Crippen molar-refractivity contribution in [3.8, 4) is 22.5 Å². The summed E-state index contributed by atoms with van der Waals surface area (Å²) in [6, 6.07) is 16.5. The fraction of sp³-hybridized carbons (Fsp3) is 0.308. The van der Waals surface area contributed by atoms with Gasteiger partial charge in [-0.3, -0.25) is 9.48 Å². The van der Waals surface area contributed by atoms with Gasteiger partial charge in [0.05, 0.1) is 13.1 Å². The Kier molecular flexibility index (Phi) is 6.02. The van der Waals surface area contributed by atoms with Gasteiger partial charge in [0, 0.05) is 23.2 Å². The monoisotopic (exact) mass is 440 g/mol. The van der Waals surface area contributed by atoms with Crippen LogP contribution in [0, 0.1) is 0 Å². The van der Waals surface area contributed by atoms with E-state index in [2.05, 4.69) is 74.7 Å². The van der Waals surface area contributed by atoms with Crippen molar-refractivity contribution in [2.24, 2.45) is 0 Å². The van der Waals surface area contributed by atoms with Crippen molar-refractivity contribution in [2.75, 3.05) is 0 Å². The largest absolute Gasteiger partial charge is 0.282 e. The van der Waals surface area contributed by atoms with E-state index < -0.39 is 0 Å². The molecule has 7 heteroatoms. The number of hydrogen-bond acceptors (Lipinski definition) is 4. The minimum atomic E-state index is 0.151. The average molecular weight is 441 g/mol. The summed E-state index contributed by atoms with van der Waals surface area (Å²) in [6.45, 7) is 3.65. The van der Waals surface area contributed by atoms with Crippen LogP contribution in [0.25, 0.3) is 22.5 Å². The van der Waals surface area contributed by atoms with Crippen LogP contribution in [0.5, 0.6) is 0 Å². The second-order valence-corrected chi connectivity index (χ2v) is 8.49. The number of aromatic nitrogens is 6. The Bertz CT molecular complexity index is 1310. The first-order valence-corrected chi connectivity index (χ1v) is 11.6. The summed E-state index contributed by atoms with van der Waals surface area (Å²) >= 11 is 0. The average Bonchev–Trinajstić information content (AvgIpc) is 3.48. The van der Waals surface area contributed by atoms with Crippen LogP contribution >= 0.6 is 0 Å². The van der Waals surface area contributed by atoms with E-state index >= 15 is 0 Å². The van der Waals surface area contributed by atoms with Crippen molar-refractivity contribution in [3.63, 3.8) is 0 Å². The molecule has 2 aromatic carbocycles. The summed E-state index contributed by atoms with van der Waals surface area (Å²) in [5.74, 6) is 0.646. The Morgan fingerprint density at radius 1 is 0.939 bits per heavy atom. The lowest BCUT2D eigenvalue weighted by Gasteiger charge is -2.15. The van der Waals surface area contributed by atoms with E-state index in [0.717, 1.165) is 47.2 Å². The van der Waals surface area contributed by atoms with Crippen LogP contribution in [0.4, 0.5) is 0 Å². The third-order valence-corrected chi connectivity index (χ3v) is 6.36. The van der Waals surface area contributed by atoms with Gasteiger partial charge in [-0.1, -0.05) is 80.4 Å². The van der Waals surface area contributed by atoms with Gasteiger partial charge in [0.25, 0.3) is 5.56 Å². The van der Waals surface area contributed by atoms with Gasteiger partial charge in [-0.15, -0.1) is 5.10 Å². The zero-order valence-electron chi connectivity index (χ0n) is 18.9. The molecule has 0 spiro atoms. The van der Waals surface area contributed by atoms with E-state index in [9.17, 15) is 4.79 Å². The van der Waals surface area contributed by atoms with Crippen LogP contribution in [0.3, 0.4) is 0 Å². The second kappa shape index (κ2) is 9.40. The minimum absolute atomic E-state index is 0.151. The number of allylic oxidation sites excluding steroid dienone is 2. The SMILES string of the molecule is CCCCCc1c(Cc2ccc(-c3ccccc3-c3nnn[nH]3)cc2)c(=O)n2n1CC=CC2. The van der Waals surface area contributed by atoms with Gasteiger partial charge < -0.3 is 0 Å². The lowest BCUT2D eigenvalue weighted by Crippen LogP contribution is -2.25. The molecule has 0 fully saturated rings. The molecular formula is C26H28N6O. The molecule has 4 aromatic rings. The summed E-state index contributed by atoms with van der Waals surface area (Å²) < 4.78 is 4.08. The highest BCUT2D eigenvalue weighted by Gasteiger charge is 2.20. The van der Waals surface area contributed by atoms with Gasteiger partial charge in [-0.25, -0.2) is 9.78 Å². The zero-order valence-corrected chi connectivity index (χ0v) is 18.9. The number of nitrogens with one attached hydrogen (secondary N) is 1. The van der Waals surface area contributed by atoms with Crippen LogP contribution in [-0.4, -0.2) is 30.0 Å². The van der Waals surface area contributed by atoms with Crippen molar-refractivity contribution in [1.82, 2.24) is 30.0 Å². The first kappa shape index (κ1) is 21.1. The molecule has 5 rings (SSSR count). The van der Waals surface area contributed by atoms with Gasteiger partial charge in [0.15, 0.2) is 5.82 Å². The van der Waals surface area contributed by atoms with E-state index in [1.54, 1.807) is 0 Å². The van der Waals surface area contributed by atoms with Crippen molar-refractivity contribution in [3.05, 3.63) is 87.9 Å². The topological polar surface area (TPSA) is 81.4 Å². The van der Waals surface area contributed by atoms with Gasteiger partial charge >= 0.3 is 0 Å². The van der Waals surface area contributed by atoms with Crippen LogP contribution in [0.2, 0.25) is 0 Å². The molecule has 0 bridgehead atoms. The van der Waals surface area contributed by atoms with Crippen molar-refractivity contribution in [2.45, 2.75) is 52.1 Å². The molecule has 2 aromatic heterocycles. The van der Waals surface area contributed by atoms with E-state index in [4.69, 9.17) is 0 Å². The fourth-order valence-corrected chi connectivity index (χ4v) is 4.65.